The van der Waals surface area contributed by atoms with Gasteiger partial charge in [0, 0.05) is 10.6 Å². The zero-order chi connectivity index (χ0) is 17.7. The van der Waals surface area contributed by atoms with Crippen molar-refractivity contribution in [2.24, 2.45) is 11.8 Å². The first-order chi connectivity index (χ1) is 11.4. The van der Waals surface area contributed by atoms with E-state index in [2.05, 4.69) is 33.1 Å². The quantitative estimate of drug-likeness (QED) is 0.539. The van der Waals surface area contributed by atoms with E-state index in [0.717, 1.165) is 36.8 Å². The van der Waals surface area contributed by atoms with Crippen molar-refractivity contribution in [2.45, 2.75) is 39.5 Å². The highest BCUT2D eigenvalue weighted by Crippen LogP contribution is 2.35. The molecule has 0 saturated heterocycles. The molecule has 0 aromatic heterocycles. The summed E-state index contributed by atoms with van der Waals surface area (Å²) in [6.45, 7) is 12.2. The fraction of sp³-hybridized carbons (Fsp3) is 0.364. The molecule has 2 rings (SSSR count). The maximum Gasteiger partial charge on any atom is 0.122 e. The lowest BCUT2D eigenvalue weighted by Crippen LogP contribution is -2.12. The molecule has 0 radical (unpaired) electrons. The van der Waals surface area contributed by atoms with E-state index in [1.165, 1.54) is 11.1 Å². The van der Waals surface area contributed by atoms with Crippen molar-refractivity contribution in [3.8, 4) is 0 Å². The van der Waals surface area contributed by atoms with Crippen molar-refractivity contribution in [2.75, 3.05) is 0 Å². The number of hydrogen-bond donors (Lipinski definition) is 1. The molecule has 1 N–H and O–H groups in total. The van der Waals surface area contributed by atoms with Crippen LogP contribution in [0, 0.1) is 11.8 Å². The number of aryl methyl sites for hydroxylation is 1. The number of aliphatic hydroxyl groups is 1. The van der Waals surface area contributed by atoms with Crippen LogP contribution in [0.2, 0.25) is 0 Å². The van der Waals surface area contributed by atoms with Gasteiger partial charge in [-0.3, -0.25) is 0 Å². The number of hydrogen-bond acceptors (Lipinski definition) is 1. The minimum absolute atomic E-state index is 0.376. The topological polar surface area (TPSA) is 20.2 Å². The second-order valence-corrected chi connectivity index (χ2v) is 7.25. The number of allylic oxidation sites excluding steroid dienone is 5. The molecule has 24 heavy (non-hydrogen) atoms. The smallest absolute Gasteiger partial charge is 0.122 e. The first-order valence-corrected chi connectivity index (χ1v) is 8.99. The summed E-state index contributed by atoms with van der Waals surface area (Å²) in [5, 5.41) is 11.2. The van der Waals surface area contributed by atoms with E-state index in [9.17, 15) is 5.11 Å². The Morgan fingerprint density at radius 1 is 1.17 bits per heavy atom. The minimum atomic E-state index is 0.376. The van der Waals surface area contributed by atoms with Crippen LogP contribution in [0.3, 0.4) is 0 Å². The second-order valence-electron chi connectivity index (χ2n) is 6.77. The summed E-state index contributed by atoms with van der Waals surface area (Å²) >= 11 is 5.76. The lowest BCUT2D eigenvalue weighted by molar-refractivity contribution is 0.456. The normalized spacial score (nSPS) is 16.8. The van der Waals surface area contributed by atoms with Gasteiger partial charge >= 0.3 is 0 Å². The molecule has 2 atom stereocenters. The van der Waals surface area contributed by atoms with Gasteiger partial charge in [-0.05, 0) is 54.7 Å². The van der Waals surface area contributed by atoms with Crippen molar-refractivity contribution in [1.82, 2.24) is 0 Å². The largest absolute Gasteiger partial charge is 0.507 e. The molecule has 1 aliphatic carbocycles. The lowest BCUT2D eigenvalue weighted by Gasteiger charge is -2.25. The monoisotopic (exact) mass is 342 g/mol. The standard InChI is InChI=1S/C22H27ClO/c1-15(16(2)11-12-18(4)23)9-10-17(3)20-14-13-19-7-5-6-8-21(19)22(20)24/h5-8,11-12,15,17,24H,2,4,9-10,13-14H2,1,3H3/b12-11-. The van der Waals surface area contributed by atoms with E-state index in [0.29, 0.717) is 22.6 Å². The predicted octanol–water partition coefficient (Wildman–Crippen LogP) is 6.82. The third-order valence-electron chi connectivity index (χ3n) is 4.98. The van der Waals surface area contributed by atoms with Gasteiger partial charge in [0.1, 0.15) is 5.76 Å². The Hall–Kier alpha value is -1.73. The molecular weight excluding hydrogens is 316 g/mol. The number of benzene rings is 1. The molecule has 1 aromatic carbocycles. The maximum absolute atomic E-state index is 10.6. The minimum Gasteiger partial charge on any atom is -0.507 e. The van der Waals surface area contributed by atoms with Gasteiger partial charge in [0.2, 0.25) is 0 Å². The van der Waals surface area contributed by atoms with E-state index >= 15 is 0 Å². The first kappa shape index (κ1) is 18.6. The molecule has 0 amide bonds. The van der Waals surface area contributed by atoms with Crippen LogP contribution in [0.4, 0.5) is 0 Å². The second kappa shape index (κ2) is 8.39. The van der Waals surface area contributed by atoms with Crippen LogP contribution >= 0.6 is 11.6 Å². The SMILES string of the molecule is C=C(Cl)/C=C\C(=C)C(C)CCC(C)C1=C(O)c2ccccc2CC1. The Morgan fingerprint density at radius 3 is 2.58 bits per heavy atom. The summed E-state index contributed by atoms with van der Waals surface area (Å²) in [6, 6.07) is 8.16. The van der Waals surface area contributed by atoms with Gasteiger partial charge in [0.25, 0.3) is 0 Å². The Kier molecular flexibility index (Phi) is 6.51. The van der Waals surface area contributed by atoms with Crippen molar-refractivity contribution in [3.63, 3.8) is 0 Å². The van der Waals surface area contributed by atoms with Crippen molar-refractivity contribution in [3.05, 3.63) is 76.9 Å². The average Bonchev–Trinajstić information content (AvgIpc) is 2.57. The first-order valence-electron chi connectivity index (χ1n) is 8.61. The van der Waals surface area contributed by atoms with Gasteiger partial charge in [-0.15, -0.1) is 0 Å². The van der Waals surface area contributed by atoms with E-state index in [1.54, 1.807) is 6.08 Å². The molecule has 0 saturated carbocycles. The molecule has 1 aliphatic rings. The predicted molar refractivity (Wildman–Crippen MR) is 105 cm³/mol. The van der Waals surface area contributed by atoms with Crippen LogP contribution in [-0.4, -0.2) is 5.11 Å². The van der Waals surface area contributed by atoms with Crippen LogP contribution < -0.4 is 0 Å². The number of halogens is 1. The molecule has 0 heterocycles. The van der Waals surface area contributed by atoms with Gasteiger partial charge < -0.3 is 5.11 Å². The van der Waals surface area contributed by atoms with Crippen molar-refractivity contribution < 1.29 is 5.11 Å². The van der Waals surface area contributed by atoms with Gasteiger partial charge in [0.15, 0.2) is 0 Å². The van der Waals surface area contributed by atoms with Crippen LogP contribution in [0.25, 0.3) is 5.76 Å². The summed E-state index contributed by atoms with van der Waals surface area (Å²) in [5.41, 5.74) is 4.51. The van der Waals surface area contributed by atoms with Crippen molar-refractivity contribution >= 4 is 17.4 Å². The van der Waals surface area contributed by atoms with Gasteiger partial charge in [-0.2, -0.15) is 0 Å². The molecule has 0 bridgehead atoms. The molecule has 0 fully saturated rings. The Bertz CT molecular complexity index is 681. The van der Waals surface area contributed by atoms with Crippen LogP contribution in [0.1, 0.15) is 44.2 Å². The Balaban J connectivity index is 1.99. The third-order valence-corrected chi connectivity index (χ3v) is 5.11. The van der Waals surface area contributed by atoms with Gasteiger partial charge in [0.05, 0.1) is 0 Å². The summed E-state index contributed by atoms with van der Waals surface area (Å²) in [6.07, 6.45) is 7.78. The summed E-state index contributed by atoms with van der Waals surface area (Å²) in [4.78, 5) is 0. The Labute approximate surface area is 151 Å². The fourth-order valence-electron chi connectivity index (χ4n) is 3.23. The zero-order valence-electron chi connectivity index (χ0n) is 14.7. The molecule has 0 spiro atoms. The van der Waals surface area contributed by atoms with Crippen molar-refractivity contribution in [1.29, 1.82) is 0 Å². The summed E-state index contributed by atoms with van der Waals surface area (Å²) in [5.74, 6) is 1.26. The third kappa shape index (κ3) is 4.64. The molecule has 0 aliphatic heterocycles. The highest BCUT2D eigenvalue weighted by Gasteiger charge is 2.22. The molecule has 2 unspecified atom stereocenters. The molecule has 1 aromatic rings. The average molecular weight is 343 g/mol. The molecule has 2 heteroatoms. The Morgan fingerprint density at radius 2 is 1.88 bits per heavy atom. The van der Waals surface area contributed by atoms with E-state index in [4.69, 9.17) is 11.6 Å². The fourth-order valence-corrected chi connectivity index (χ4v) is 3.29. The van der Waals surface area contributed by atoms with E-state index in [1.807, 2.05) is 24.3 Å². The van der Waals surface area contributed by atoms with Gasteiger partial charge in [-0.1, -0.05) is 74.5 Å². The highest BCUT2D eigenvalue weighted by atomic mass is 35.5. The zero-order valence-corrected chi connectivity index (χ0v) is 15.4. The molecule has 1 nitrogen and oxygen atoms in total. The number of aliphatic hydroxyl groups excluding tert-OH is 1. The molecule has 128 valence electrons. The molecular formula is C22H27ClO. The number of rotatable bonds is 7. The van der Waals surface area contributed by atoms with E-state index in [-0.39, 0.29) is 0 Å². The van der Waals surface area contributed by atoms with Crippen LogP contribution in [0.5, 0.6) is 0 Å². The van der Waals surface area contributed by atoms with E-state index < -0.39 is 0 Å². The summed E-state index contributed by atoms with van der Waals surface area (Å²) in [7, 11) is 0. The summed E-state index contributed by atoms with van der Waals surface area (Å²) < 4.78 is 0. The van der Waals surface area contributed by atoms with Crippen LogP contribution in [-0.2, 0) is 6.42 Å². The highest BCUT2D eigenvalue weighted by molar-refractivity contribution is 6.30. The lowest BCUT2D eigenvalue weighted by atomic mass is 9.81. The van der Waals surface area contributed by atoms with Crippen LogP contribution in [0.15, 0.2) is 65.8 Å². The van der Waals surface area contributed by atoms with Gasteiger partial charge in [-0.25, -0.2) is 0 Å². The maximum atomic E-state index is 10.6. The number of fused-ring (bicyclic) bond motifs is 1.